The van der Waals surface area contributed by atoms with Crippen molar-refractivity contribution in [2.24, 2.45) is 5.41 Å². The van der Waals surface area contributed by atoms with Gasteiger partial charge in [-0.05, 0) is 20.8 Å². The number of hydrogen-bond acceptors (Lipinski definition) is 4. The van der Waals surface area contributed by atoms with Crippen LogP contribution in [0, 0.1) is 12.3 Å². The van der Waals surface area contributed by atoms with E-state index in [1.165, 1.54) is 0 Å². The average Bonchev–Trinajstić information content (AvgIpc) is 2.37. The summed E-state index contributed by atoms with van der Waals surface area (Å²) in [6.45, 7) is 9.98. The second kappa shape index (κ2) is 6.70. The Labute approximate surface area is 119 Å². The first-order chi connectivity index (χ1) is 9.26. The average molecular weight is 280 g/mol. The predicted octanol–water partition coefficient (Wildman–Crippen LogP) is 2.09. The predicted molar refractivity (Wildman–Crippen MR) is 79.1 cm³/mol. The normalized spacial score (nSPS) is 12.3. The molecule has 0 spiro atoms. The molecule has 0 unspecified atom stereocenters. The van der Waals surface area contributed by atoms with E-state index in [2.05, 4.69) is 4.98 Å². The van der Waals surface area contributed by atoms with E-state index < -0.39 is 0 Å². The lowest BCUT2D eigenvalue weighted by Gasteiger charge is -2.16. The molecule has 1 aromatic heterocycles. The van der Waals surface area contributed by atoms with Gasteiger partial charge in [-0.25, -0.2) is 4.79 Å². The molecule has 0 amide bonds. The Bertz CT molecular complexity index is 530. The highest BCUT2D eigenvalue weighted by Gasteiger charge is 2.11. The lowest BCUT2D eigenvalue weighted by molar-refractivity contribution is 0.199. The van der Waals surface area contributed by atoms with Crippen LogP contribution in [0.4, 0.5) is 0 Å². The van der Waals surface area contributed by atoms with E-state index in [1.807, 2.05) is 46.8 Å². The molecule has 1 rings (SSSR count). The molecule has 5 nitrogen and oxygen atoms in total. The number of hydrogen-bond donors (Lipinski definition) is 1. The van der Waals surface area contributed by atoms with Crippen LogP contribution in [0.15, 0.2) is 23.1 Å². The standard InChI is InChI=1S/C15H24N2O3/c1-11(2)17-9-12(3)13(16-14(17)19)20-8-6-7-15(4,5)10-18/h6-7,9,11,18H,8,10H2,1-5H3/b7-6+. The van der Waals surface area contributed by atoms with Gasteiger partial charge in [-0.15, -0.1) is 0 Å². The molecule has 0 fully saturated rings. The zero-order valence-electron chi connectivity index (χ0n) is 12.9. The van der Waals surface area contributed by atoms with Crippen molar-refractivity contribution in [3.8, 4) is 5.88 Å². The Morgan fingerprint density at radius 1 is 1.50 bits per heavy atom. The Morgan fingerprint density at radius 3 is 2.70 bits per heavy atom. The van der Waals surface area contributed by atoms with Gasteiger partial charge < -0.3 is 9.84 Å². The van der Waals surface area contributed by atoms with E-state index in [4.69, 9.17) is 9.84 Å². The molecule has 1 N–H and O–H groups in total. The van der Waals surface area contributed by atoms with Gasteiger partial charge in [0, 0.05) is 23.2 Å². The molecule has 112 valence electrons. The third-order valence-electron chi connectivity index (χ3n) is 2.94. The van der Waals surface area contributed by atoms with Crippen LogP contribution in [0.2, 0.25) is 0 Å². The molecule has 0 atom stereocenters. The Balaban J connectivity index is 2.75. The first-order valence-corrected chi connectivity index (χ1v) is 6.78. The largest absolute Gasteiger partial charge is 0.473 e. The number of aliphatic hydroxyl groups excluding tert-OH is 1. The molecule has 0 bridgehead atoms. The maximum absolute atomic E-state index is 11.8. The van der Waals surface area contributed by atoms with Crippen LogP contribution < -0.4 is 10.4 Å². The molecule has 5 heteroatoms. The first kappa shape index (κ1) is 16.4. The third-order valence-corrected chi connectivity index (χ3v) is 2.94. The van der Waals surface area contributed by atoms with Gasteiger partial charge in [0.1, 0.15) is 6.61 Å². The van der Waals surface area contributed by atoms with Crippen molar-refractivity contribution in [3.05, 3.63) is 34.4 Å². The van der Waals surface area contributed by atoms with Crippen LogP contribution in [-0.4, -0.2) is 27.9 Å². The van der Waals surface area contributed by atoms with E-state index in [0.717, 1.165) is 5.56 Å². The van der Waals surface area contributed by atoms with Crippen molar-refractivity contribution in [3.63, 3.8) is 0 Å². The van der Waals surface area contributed by atoms with Crippen LogP contribution >= 0.6 is 0 Å². The number of aliphatic hydroxyl groups is 1. The Hall–Kier alpha value is -1.62. The topological polar surface area (TPSA) is 64.4 Å². The molecule has 0 saturated carbocycles. The molecule has 0 aliphatic heterocycles. The summed E-state index contributed by atoms with van der Waals surface area (Å²) in [5.74, 6) is 0.360. The zero-order chi connectivity index (χ0) is 15.3. The third kappa shape index (κ3) is 4.49. The molecular weight excluding hydrogens is 256 g/mol. The van der Waals surface area contributed by atoms with Gasteiger partial charge in [0.25, 0.3) is 0 Å². The summed E-state index contributed by atoms with van der Waals surface area (Å²) in [6.07, 6.45) is 5.47. The number of aromatic nitrogens is 2. The zero-order valence-corrected chi connectivity index (χ0v) is 12.9. The van der Waals surface area contributed by atoms with Gasteiger partial charge in [0.15, 0.2) is 0 Å². The van der Waals surface area contributed by atoms with Crippen molar-refractivity contribution >= 4 is 0 Å². The highest BCUT2D eigenvalue weighted by Crippen LogP contribution is 2.16. The SMILES string of the molecule is Cc1cn(C(C)C)c(=O)nc1OC/C=C/C(C)(C)CO. The van der Waals surface area contributed by atoms with Crippen molar-refractivity contribution in [1.29, 1.82) is 0 Å². The van der Waals surface area contributed by atoms with Gasteiger partial charge in [0.05, 0.1) is 6.61 Å². The van der Waals surface area contributed by atoms with Gasteiger partial charge in [-0.1, -0.05) is 26.0 Å². The van der Waals surface area contributed by atoms with Gasteiger partial charge >= 0.3 is 5.69 Å². The van der Waals surface area contributed by atoms with Crippen LogP contribution in [0.3, 0.4) is 0 Å². The van der Waals surface area contributed by atoms with Crippen LogP contribution in [-0.2, 0) is 0 Å². The van der Waals surface area contributed by atoms with Crippen LogP contribution in [0.1, 0.15) is 39.3 Å². The molecule has 0 saturated heterocycles. The molecule has 0 aliphatic carbocycles. The molecule has 0 aromatic carbocycles. The maximum atomic E-state index is 11.8. The van der Waals surface area contributed by atoms with Gasteiger partial charge in [-0.2, -0.15) is 4.98 Å². The summed E-state index contributed by atoms with van der Waals surface area (Å²) < 4.78 is 7.08. The lowest BCUT2D eigenvalue weighted by Crippen LogP contribution is -2.25. The second-order valence-electron chi connectivity index (χ2n) is 5.87. The van der Waals surface area contributed by atoms with E-state index in [9.17, 15) is 4.79 Å². The van der Waals surface area contributed by atoms with E-state index in [-0.39, 0.29) is 23.8 Å². The summed E-state index contributed by atoms with van der Waals surface area (Å²) in [6, 6.07) is 0.0769. The highest BCUT2D eigenvalue weighted by atomic mass is 16.5. The highest BCUT2D eigenvalue weighted by molar-refractivity contribution is 5.21. The quantitative estimate of drug-likeness (QED) is 0.810. The van der Waals surface area contributed by atoms with Crippen molar-refractivity contribution in [2.45, 2.75) is 40.7 Å². The van der Waals surface area contributed by atoms with Crippen molar-refractivity contribution in [1.82, 2.24) is 9.55 Å². The Kier molecular flexibility index (Phi) is 5.51. The molecular formula is C15H24N2O3. The van der Waals surface area contributed by atoms with Crippen molar-refractivity contribution < 1.29 is 9.84 Å². The summed E-state index contributed by atoms with van der Waals surface area (Å²) in [7, 11) is 0. The fourth-order valence-electron chi connectivity index (χ4n) is 1.61. The number of nitrogens with zero attached hydrogens (tertiary/aromatic N) is 2. The smallest absolute Gasteiger partial charge is 0.351 e. The minimum Gasteiger partial charge on any atom is -0.473 e. The monoisotopic (exact) mass is 280 g/mol. The number of rotatable bonds is 6. The van der Waals surface area contributed by atoms with Crippen molar-refractivity contribution in [2.75, 3.05) is 13.2 Å². The van der Waals surface area contributed by atoms with E-state index >= 15 is 0 Å². The van der Waals surface area contributed by atoms with Gasteiger partial charge in [0.2, 0.25) is 5.88 Å². The minimum atomic E-state index is -0.305. The van der Waals surface area contributed by atoms with E-state index in [0.29, 0.717) is 12.5 Å². The Morgan fingerprint density at radius 2 is 2.15 bits per heavy atom. The minimum absolute atomic E-state index is 0.0746. The van der Waals surface area contributed by atoms with Gasteiger partial charge in [-0.3, -0.25) is 4.57 Å². The summed E-state index contributed by atoms with van der Waals surface area (Å²) in [5.41, 5.74) is 0.251. The molecule has 1 aromatic rings. The summed E-state index contributed by atoms with van der Waals surface area (Å²) in [4.78, 5) is 15.7. The maximum Gasteiger partial charge on any atom is 0.351 e. The van der Waals surface area contributed by atoms with Crippen LogP contribution in [0.5, 0.6) is 5.88 Å². The van der Waals surface area contributed by atoms with Crippen LogP contribution in [0.25, 0.3) is 0 Å². The summed E-state index contributed by atoms with van der Waals surface area (Å²) in [5, 5.41) is 9.12. The number of ether oxygens (including phenoxy) is 1. The fourth-order valence-corrected chi connectivity index (χ4v) is 1.61. The molecule has 0 aliphatic rings. The first-order valence-electron chi connectivity index (χ1n) is 6.78. The van der Waals surface area contributed by atoms with E-state index in [1.54, 1.807) is 10.8 Å². The molecule has 0 radical (unpaired) electrons. The fraction of sp³-hybridized carbons (Fsp3) is 0.600. The lowest BCUT2D eigenvalue weighted by atomic mass is 9.95. The second-order valence-corrected chi connectivity index (χ2v) is 5.87. The summed E-state index contributed by atoms with van der Waals surface area (Å²) >= 11 is 0. The molecule has 1 heterocycles. The number of aryl methyl sites for hydroxylation is 1. The molecule has 20 heavy (non-hydrogen) atoms.